The summed E-state index contributed by atoms with van der Waals surface area (Å²) >= 11 is 0. The molecule has 0 amide bonds. The number of carboxylic acid groups (broad SMARTS) is 1. The van der Waals surface area contributed by atoms with E-state index in [0.717, 1.165) is 11.1 Å². The SMILES string of the molecule is CCC(Oc1ccc(C)cc1C)C(=O)O. The minimum absolute atomic E-state index is 0.461. The minimum atomic E-state index is -0.919. The molecule has 0 saturated carbocycles. The van der Waals surface area contributed by atoms with Gasteiger partial charge in [0.25, 0.3) is 0 Å². The molecule has 1 aromatic rings. The zero-order chi connectivity index (χ0) is 11.4. The summed E-state index contributed by atoms with van der Waals surface area (Å²) in [5, 5.41) is 8.86. The standard InChI is InChI=1S/C12H16O3/c1-4-10(12(13)14)15-11-6-5-8(2)7-9(11)3/h5-7,10H,4H2,1-3H3,(H,13,14). The summed E-state index contributed by atoms with van der Waals surface area (Å²) in [6.07, 6.45) is -0.297. The van der Waals surface area contributed by atoms with Crippen LogP contribution < -0.4 is 4.74 Å². The average Bonchev–Trinajstić information content (AvgIpc) is 2.16. The molecule has 0 radical (unpaired) electrons. The van der Waals surface area contributed by atoms with Crippen LogP contribution in [-0.4, -0.2) is 17.2 Å². The van der Waals surface area contributed by atoms with Crippen LogP contribution in [0.3, 0.4) is 0 Å². The predicted molar refractivity (Wildman–Crippen MR) is 58.3 cm³/mol. The van der Waals surface area contributed by atoms with Crippen LogP contribution in [0.2, 0.25) is 0 Å². The van der Waals surface area contributed by atoms with Gasteiger partial charge in [0, 0.05) is 0 Å². The van der Waals surface area contributed by atoms with Gasteiger partial charge in [0.05, 0.1) is 0 Å². The number of aryl methyl sites for hydroxylation is 2. The molecule has 3 nitrogen and oxygen atoms in total. The molecule has 1 atom stereocenters. The van der Waals surface area contributed by atoms with Crippen LogP contribution in [0.5, 0.6) is 5.75 Å². The van der Waals surface area contributed by atoms with Gasteiger partial charge in [-0.1, -0.05) is 24.6 Å². The molecule has 0 aromatic heterocycles. The number of hydrogen-bond donors (Lipinski definition) is 1. The van der Waals surface area contributed by atoms with E-state index in [2.05, 4.69) is 0 Å². The van der Waals surface area contributed by atoms with Gasteiger partial charge in [0.2, 0.25) is 0 Å². The summed E-state index contributed by atoms with van der Waals surface area (Å²) in [7, 11) is 0. The lowest BCUT2D eigenvalue weighted by molar-refractivity contribution is -0.145. The monoisotopic (exact) mass is 208 g/mol. The maximum atomic E-state index is 10.8. The molecule has 0 bridgehead atoms. The summed E-state index contributed by atoms with van der Waals surface area (Å²) < 4.78 is 5.41. The molecular formula is C12H16O3. The van der Waals surface area contributed by atoms with Crippen molar-refractivity contribution in [1.82, 2.24) is 0 Å². The normalized spacial score (nSPS) is 12.2. The Hall–Kier alpha value is -1.51. The van der Waals surface area contributed by atoms with Crippen LogP contribution in [0, 0.1) is 13.8 Å². The zero-order valence-electron chi connectivity index (χ0n) is 9.28. The van der Waals surface area contributed by atoms with E-state index >= 15 is 0 Å². The fraction of sp³-hybridized carbons (Fsp3) is 0.417. The van der Waals surface area contributed by atoms with Crippen molar-refractivity contribution >= 4 is 5.97 Å². The first kappa shape index (κ1) is 11.6. The van der Waals surface area contributed by atoms with Crippen molar-refractivity contribution in [2.24, 2.45) is 0 Å². The molecule has 0 aliphatic heterocycles. The number of carboxylic acids is 1. The molecule has 0 aliphatic rings. The Kier molecular flexibility index (Phi) is 3.72. The maximum Gasteiger partial charge on any atom is 0.344 e. The summed E-state index contributed by atoms with van der Waals surface area (Å²) in [6, 6.07) is 5.71. The van der Waals surface area contributed by atoms with Crippen LogP contribution in [0.25, 0.3) is 0 Å². The van der Waals surface area contributed by atoms with Gasteiger partial charge in [-0.25, -0.2) is 4.79 Å². The molecule has 82 valence electrons. The Morgan fingerprint density at radius 3 is 2.60 bits per heavy atom. The number of hydrogen-bond acceptors (Lipinski definition) is 2. The average molecular weight is 208 g/mol. The van der Waals surface area contributed by atoms with E-state index in [1.54, 1.807) is 6.92 Å². The largest absolute Gasteiger partial charge is 0.479 e. The third-order valence-corrected chi connectivity index (χ3v) is 2.25. The van der Waals surface area contributed by atoms with Gasteiger partial charge in [0.1, 0.15) is 5.75 Å². The molecule has 1 unspecified atom stereocenters. The molecule has 0 spiro atoms. The molecule has 1 rings (SSSR count). The van der Waals surface area contributed by atoms with Crippen molar-refractivity contribution in [2.45, 2.75) is 33.3 Å². The van der Waals surface area contributed by atoms with Crippen LogP contribution in [0.4, 0.5) is 0 Å². The number of benzene rings is 1. The zero-order valence-corrected chi connectivity index (χ0v) is 9.28. The predicted octanol–water partition coefficient (Wildman–Crippen LogP) is 2.55. The van der Waals surface area contributed by atoms with Crippen molar-refractivity contribution in [1.29, 1.82) is 0 Å². The van der Waals surface area contributed by atoms with Gasteiger partial charge in [0.15, 0.2) is 6.10 Å². The number of rotatable bonds is 4. The second-order valence-corrected chi connectivity index (χ2v) is 3.62. The lowest BCUT2D eigenvalue weighted by atomic mass is 10.1. The van der Waals surface area contributed by atoms with Gasteiger partial charge in [-0.05, 0) is 31.9 Å². The van der Waals surface area contributed by atoms with Gasteiger partial charge >= 0.3 is 5.97 Å². The summed E-state index contributed by atoms with van der Waals surface area (Å²) in [5.74, 6) is -0.271. The number of aliphatic carboxylic acids is 1. The Morgan fingerprint density at radius 1 is 1.47 bits per heavy atom. The Bertz CT molecular complexity index is 358. The highest BCUT2D eigenvalue weighted by Crippen LogP contribution is 2.20. The van der Waals surface area contributed by atoms with Crippen LogP contribution >= 0.6 is 0 Å². The van der Waals surface area contributed by atoms with E-state index in [4.69, 9.17) is 9.84 Å². The first-order valence-electron chi connectivity index (χ1n) is 5.01. The second-order valence-electron chi connectivity index (χ2n) is 3.62. The molecule has 3 heteroatoms. The lowest BCUT2D eigenvalue weighted by Gasteiger charge is -2.15. The first-order chi connectivity index (χ1) is 7.04. The molecule has 1 aromatic carbocycles. The third kappa shape index (κ3) is 2.98. The summed E-state index contributed by atoms with van der Waals surface area (Å²) in [5.41, 5.74) is 2.11. The highest BCUT2D eigenvalue weighted by Gasteiger charge is 2.17. The smallest absolute Gasteiger partial charge is 0.344 e. The Balaban J connectivity index is 2.84. The van der Waals surface area contributed by atoms with Gasteiger partial charge in [-0.2, -0.15) is 0 Å². The number of ether oxygens (including phenoxy) is 1. The quantitative estimate of drug-likeness (QED) is 0.827. The maximum absolute atomic E-state index is 10.8. The third-order valence-electron chi connectivity index (χ3n) is 2.25. The molecule has 15 heavy (non-hydrogen) atoms. The van der Waals surface area contributed by atoms with Crippen LogP contribution in [0.1, 0.15) is 24.5 Å². The topological polar surface area (TPSA) is 46.5 Å². The second kappa shape index (κ2) is 4.82. The first-order valence-corrected chi connectivity index (χ1v) is 5.01. The summed E-state index contributed by atoms with van der Waals surface area (Å²) in [4.78, 5) is 10.8. The van der Waals surface area contributed by atoms with Crippen LogP contribution in [0.15, 0.2) is 18.2 Å². The molecule has 0 saturated heterocycles. The van der Waals surface area contributed by atoms with E-state index in [1.807, 2.05) is 32.0 Å². The van der Waals surface area contributed by atoms with Gasteiger partial charge in [-0.15, -0.1) is 0 Å². The molecular weight excluding hydrogens is 192 g/mol. The van der Waals surface area contributed by atoms with Crippen molar-refractivity contribution in [3.63, 3.8) is 0 Å². The molecule has 1 N–H and O–H groups in total. The van der Waals surface area contributed by atoms with Crippen molar-refractivity contribution < 1.29 is 14.6 Å². The Labute approximate surface area is 89.7 Å². The highest BCUT2D eigenvalue weighted by atomic mass is 16.5. The Morgan fingerprint density at radius 2 is 2.13 bits per heavy atom. The van der Waals surface area contributed by atoms with Crippen molar-refractivity contribution in [3.05, 3.63) is 29.3 Å². The van der Waals surface area contributed by atoms with Crippen molar-refractivity contribution in [2.75, 3.05) is 0 Å². The van der Waals surface area contributed by atoms with E-state index in [9.17, 15) is 4.79 Å². The van der Waals surface area contributed by atoms with Crippen molar-refractivity contribution in [3.8, 4) is 5.75 Å². The van der Waals surface area contributed by atoms with E-state index < -0.39 is 12.1 Å². The number of carbonyl (C=O) groups is 1. The molecule has 0 heterocycles. The minimum Gasteiger partial charge on any atom is -0.479 e. The molecule has 0 fully saturated rings. The molecule has 0 aliphatic carbocycles. The highest BCUT2D eigenvalue weighted by molar-refractivity contribution is 5.72. The van der Waals surface area contributed by atoms with Gasteiger partial charge in [-0.3, -0.25) is 0 Å². The van der Waals surface area contributed by atoms with Crippen LogP contribution in [-0.2, 0) is 4.79 Å². The van der Waals surface area contributed by atoms with E-state index in [0.29, 0.717) is 12.2 Å². The van der Waals surface area contributed by atoms with Gasteiger partial charge < -0.3 is 9.84 Å². The fourth-order valence-electron chi connectivity index (χ4n) is 1.39. The summed E-state index contributed by atoms with van der Waals surface area (Å²) in [6.45, 7) is 5.70. The fourth-order valence-corrected chi connectivity index (χ4v) is 1.39. The lowest BCUT2D eigenvalue weighted by Crippen LogP contribution is -2.26. The van der Waals surface area contributed by atoms with E-state index in [1.165, 1.54) is 0 Å². The van der Waals surface area contributed by atoms with E-state index in [-0.39, 0.29) is 0 Å².